The van der Waals surface area contributed by atoms with E-state index in [4.69, 9.17) is 14.2 Å². The summed E-state index contributed by atoms with van der Waals surface area (Å²) in [5, 5.41) is 9.40. The van der Waals surface area contributed by atoms with Crippen LogP contribution in [-0.4, -0.2) is 51.3 Å². The lowest BCUT2D eigenvalue weighted by molar-refractivity contribution is -0.0712. The number of piperidine rings is 1. The number of halogens is 2. The van der Waals surface area contributed by atoms with E-state index in [0.29, 0.717) is 47.4 Å². The van der Waals surface area contributed by atoms with Crippen LogP contribution in [0.2, 0.25) is 0 Å². The van der Waals surface area contributed by atoms with Crippen molar-refractivity contribution in [3.63, 3.8) is 0 Å². The summed E-state index contributed by atoms with van der Waals surface area (Å²) in [7, 11) is 0. The quantitative estimate of drug-likeness (QED) is 0.273. The van der Waals surface area contributed by atoms with Gasteiger partial charge in [-0.05, 0) is 69.0 Å². The summed E-state index contributed by atoms with van der Waals surface area (Å²) in [6.07, 6.45) is 2.59. The first-order valence-corrected chi connectivity index (χ1v) is 15.0. The number of imidazole rings is 1. The number of nitrogens with zero attached hydrogens (tertiary/aromatic N) is 3. The first kappa shape index (κ1) is 27.3. The third kappa shape index (κ3) is 4.63. The van der Waals surface area contributed by atoms with Gasteiger partial charge < -0.3 is 23.9 Å². The zero-order chi connectivity index (χ0) is 29.2. The molecule has 3 aliphatic rings. The fourth-order valence-corrected chi connectivity index (χ4v) is 7.18. The smallest absolute Gasteiger partial charge is 0.349 e. The molecule has 0 radical (unpaired) electrons. The van der Waals surface area contributed by atoms with Crippen LogP contribution in [0.15, 0.2) is 36.4 Å². The molecule has 0 spiro atoms. The lowest BCUT2D eigenvalue weighted by Crippen LogP contribution is -2.35. The lowest BCUT2D eigenvalue weighted by Gasteiger charge is -2.33. The van der Waals surface area contributed by atoms with Gasteiger partial charge in [-0.1, -0.05) is 18.2 Å². The largest absolute Gasteiger partial charge is 0.477 e. The number of thiophene rings is 1. The van der Waals surface area contributed by atoms with E-state index in [-0.39, 0.29) is 28.2 Å². The van der Waals surface area contributed by atoms with Gasteiger partial charge in [-0.15, -0.1) is 11.3 Å². The molecule has 1 N–H and O–H groups in total. The van der Waals surface area contributed by atoms with Gasteiger partial charge >= 0.3 is 5.97 Å². The van der Waals surface area contributed by atoms with E-state index < -0.39 is 17.6 Å². The van der Waals surface area contributed by atoms with Gasteiger partial charge in [0, 0.05) is 19.1 Å². The van der Waals surface area contributed by atoms with Crippen molar-refractivity contribution in [2.24, 2.45) is 0 Å². The number of aromatic carboxylic acids is 1. The van der Waals surface area contributed by atoms with Crippen molar-refractivity contribution in [3.8, 4) is 11.5 Å². The molecular formula is C31H31F2N3O5S. The minimum absolute atomic E-state index is 0.0269. The van der Waals surface area contributed by atoms with Crippen LogP contribution in [0.5, 0.6) is 11.5 Å². The highest BCUT2D eigenvalue weighted by atomic mass is 32.1. The van der Waals surface area contributed by atoms with Gasteiger partial charge in [0.15, 0.2) is 22.2 Å². The summed E-state index contributed by atoms with van der Waals surface area (Å²) in [5.41, 5.74) is 2.50. The predicted octanol–water partition coefficient (Wildman–Crippen LogP) is 6.20. The molecule has 7 rings (SSSR count). The second-order valence-electron chi connectivity index (χ2n) is 11.5. The third-order valence-corrected chi connectivity index (χ3v) is 9.65. The van der Waals surface area contributed by atoms with Gasteiger partial charge in [-0.3, -0.25) is 4.90 Å². The summed E-state index contributed by atoms with van der Waals surface area (Å²) in [5.74, 6) is -1.39. The number of fused-ring (bicyclic) bond motifs is 2. The topological polar surface area (TPSA) is 86.1 Å². The number of para-hydroxylation sites is 1. The average molecular weight is 596 g/mol. The molecule has 2 aromatic heterocycles. The van der Waals surface area contributed by atoms with Crippen molar-refractivity contribution in [1.29, 1.82) is 0 Å². The molecule has 0 amide bonds. The zero-order valence-electron chi connectivity index (χ0n) is 23.4. The van der Waals surface area contributed by atoms with Gasteiger partial charge in [-0.25, -0.2) is 18.6 Å². The van der Waals surface area contributed by atoms with Crippen LogP contribution >= 0.6 is 11.3 Å². The summed E-state index contributed by atoms with van der Waals surface area (Å²) >= 11 is 0.875. The van der Waals surface area contributed by atoms with Crippen molar-refractivity contribution in [2.75, 3.05) is 19.7 Å². The van der Waals surface area contributed by atoms with Crippen LogP contribution in [-0.2, 0) is 23.6 Å². The molecule has 2 saturated heterocycles. The molecule has 2 fully saturated rings. The SMILES string of the molecule is Cc1ccc(C2(C)Oc3cccc(C4CCN(Cc5nc6sc(C(=O)O)c(F)c6n5CC5CCO5)CC4)c3O2)c(F)c1. The van der Waals surface area contributed by atoms with Gasteiger partial charge in [0.25, 0.3) is 5.79 Å². The number of benzene rings is 2. The van der Waals surface area contributed by atoms with Crippen molar-refractivity contribution in [1.82, 2.24) is 14.5 Å². The van der Waals surface area contributed by atoms with Crippen LogP contribution in [0.3, 0.4) is 0 Å². The Morgan fingerprint density at radius 2 is 1.95 bits per heavy atom. The van der Waals surface area contributed by atoms with E-state index in [9.17, 15) is 14.3 Å². The first-order chi connectivity index (χ1) is 20.2. The van der Waals surface area contributed by atoms with E-state index in [1.807, 2.05) is 29.7 Å². The maximum atomic E-state index is 15.1. The van der Waals surface area contributed by atoms with Crippen LogP contribution in [0.25, 0.3) is 10.3 Å². The molecular weight excluding hydrogens is 564 g/mol. The Morgan fingerprint density at radius 3 is 2.64 bits per heavy atom. The minimum Gasteiger partial charge on any atom is -0.477 e. The Balaban J connectivity index is 1.08. The van der Waals surface area contributed by atoms with E-state index in [0.717, 1.165) is 54.8 Å². The monoisotopic (exact) mass is 595 g/mol. The maximum Gasteiger partial charge on any atom is 0.349 e. The number of aryl methyl sites for hydroxylation is 1. The van der Waals surface area contributed by atoms with E-state index in [2.05, 4.69) is 16.0 Å². The Kier molecular flexibility index (Phi) is 6.71. The molecule has 0 saturated carbocycles. The molecule has 11 heteroatoms. The molecule has 0 bridgehead atoms. The lowest BCUT2D eigenvalue weighted by atomic mass is 9.88. The number of hydrogen-bond acceptors (Lipinski definition) is 7. The number of aromatic nitrogens is 2. The number of carboxylic acid groups (broad SMARTS) is 1. The summed E-state index contributed by atoms with van der Waals surface area (Å²) in [6.45, 7) is 6.83. The average Bonchev–Trinajstić information content (AvgIpc) is 3.56. The highest BCUT2D eigenvalue weighted by Crippen LogP contribution is 2.49. The van der Waals surface area contributed by atoms with E-state index in [1.54, 1.807) is 13.0 Å². The van der Waals surface area contributed by atoms with Gasteiger partial charge in [0.2, 0.25) is 0 Å². The van der Waals surface area contributed by atoms with Gasteiger partial charge in [0.05, 0.1) is 24.8 Å². The molecule has 3 aliphatic heterocycles. The number of hydrogen-bond donors (Lipinski definition) is 1. The molecule has 5 heterocycles. The Morgan fingerprint density at radius 1 is 1.17 bits per heavy atom. The first-order valence-electron chi connectivity index (χ1n) is 14.2. The molecule has 42 heavy (non-hydrogen) atoms. The predicted molar refractivity (Wildman–Crippen MR) is 152 cm³/mol. The van der Waals surface area contributed by atoms with Crippen molar-refractivity contribution in [3.05, 3.63) is 75.4 Å². The highest BCUT2D eigenvalue weighted by Gasteiger charge is 2.43. The normalized spacial score (nSPS) is 22.5. The van der Waals surface area contributed by atoms with Crippen LogP contribution < -0.4 is 9.47 Å². The van der Waals surface area contributed by atoms with E-state index >= 15 is 4.39 Å². The summed E-state index contributed by atoms with van der Waals surface area (Å²) in [6, 6.07) is 10.9. The Labute approximate surface area is 245 Å². The van der Waals surface area contributed by atoms with Crippen LogP contribution in [0.4, 0.5) is 8.78 Å². The zero-order valence-corrected chi connectivity index (χ0v) is 24.2. The molecule has 0 aliphatic carbocycles. The second-order valence-corrected chi connectivity index (χ2v) is 12.5. The summed E-state index contributed by atoms with van der Waals surface area (Å²) in [4.78, 5) is 18.6. The summed E-state index contributed by atoms with van der Waals surface area (Å²) < 4.78 is 50.0. The molecule has 2 unspecified atom stereocenters. The van der Waals surface area contributed by atoms with Crippen molar-refractivity contribution in [2.45, 2.75) is 64.0 Å². The molecule has 2 aromatic carbocycles. The number of likely N-dealkylation sites (tertiary alicyclic amines) is 1. The molecule has 4 aromatic rings. The van der Waals surface area contributed by atoms with Crippen molar-refractivity contribution < 1.29 is 32.9 Å². The fourth-order valence-electron chi connectivity index (χ4n) is 6.26. The molecule has 8 nitrogen and oxygen atoms in total. The minimum atomic E-state index is -1.28. The van der Waals surface area contributed by atoms with Crippen LogP contribution in [0.1, 0.15) is 64.3 Å². The number of carbonyl (C=O) groups is 1. The van der Waals surface area contributed by atoms with Crippen molar-refractivity contribution >= 4 is 27.7 Å². The number of rotatable bonds is 7. The standard InChI is InChI=1S/C31H31F2N3O5S/c1-17-6-7-21(22(32)14-17)31(2)40-23-5-3-4-20(27(23)41-31)18-8-11-35(12-9-18)16-24-34-29-26(25(33)28(42-29)30(37)38)36(24)15-19-10-13-39-19/h3-7,14,18-19H,8-13,15-16H2,1-2H3,(H,37,38). The second kappa shape index (κ2) is 10.3. The Bertz CT molecular complexity index is 1690. The number of carboxylic acids is 1. The highest BCUT2D eigenvalue weighted by molar-refractivity contribution is 7.20. The van der Waals surface area contributed by atoms with E-state index in [1.165, 1.54) is 6.07 Å². The van der Waals surface area contributed by atoms with Gasteiger partial charge in [-0.2, -0.15) is 0 Å². The molecule has 220 valence electrons. The maximum absolute atomic E-state index is 15.1. The molecule has 2 atom stereocenters. The van der Waals surface area contributed by atoms with Crippen LogP contribution in [0, 0.1) is 18.6 Å². The third-order valence-electron chi connectivity index (χ3n) is 8.61. The number of ether oxygens (including phenoxy) is 3. The Hall–Kier alpha value is -3.54. The fraction of sp³-hybridized carbons (Fsp3) is 0.419. The van der Waals surface area contributed by atoms with Gasteiger partial charge in [0.1, 0.15) is 22.0 Å².